The molecule has 7 heteroatoms. The van der Waals surface area contributed by atoms with Gasteiger partial charge in [-0.1, -0.05) is 0 Å². The molecule has 0 amide bonds. The second-order valence-corrected chi connectivity index (χ2v) is 4.64. The van der Waals surface area contributed by atoms with Gasteiger partial charge in [-0.15, -0.1) is 5.11 Å². The number of carbonyl (C=O) groups is 1. The SMILES string of the molecule is COC/C(O)=C(/N=Nc1ccc(I)cc1)C(=O)OC. The summed E-state index contributed by atoms with van der Waals surface area (Å²) < 4.78 is 10.3. The lowest BCUT2D eigenvalue weighted by Crippen LogP contribution is -2.08. The highest BCUT2D eigenvalue weighted by Gasteiger charge is 2.15. The van der Waals surface area contributed by atoms with E-state index in [1.165, 1.54) is 14.2 Å². The van der Waals surface area contributed by atoms with Crippen LogP contribution in [0.15, 0.2) is 46.0 Å². The number of methoxy groups -OCH3 is 2. The third-order valence-corrected chi connectivity index (χ3v) is 2.74. The lowest BCUT2D eigenvalue weighted by molar-refractivity contribution is -0.136. The number of hydrogen-bond acceptors (Lipinski definition) is 6. The third kappa shape index (κ3) is 4.95. The molecule has 0 fully saturated rings. The molecule has 1 N–H and O–H groups in total. The molecule has 1 rings (SSSR count). The van der Waals surface area contributed by atoms with Gasteiger partial charge >= 0.3 is 5.97 Å². The van der Waals surface area contributed by atoms with Gasteiger partial charge in [0.25, 0.3) is 0 Å². The van der Waals surface area contributed by atoms with E-state index in [2.05, 4.69) is 37.6 Å². The maximum atomic E-state index is 11.5. The minimum Gasteiger partial charge on any atom is -0.507 e. The Morgan fingerprint density at radius 2 is 1.95 bits per heavy atom. The van der Waals surface area contributed by atoms with Crippen LogP contribution >= 0.6 is 22.6 Å². The molecule has 0 atom stereocenters. The molecular formula is C12H13IN2O4. The van der Waals surface area contributed by atoms with Crippen LogP contribution in [-0.2, 0) is 14.3 Å². The van der Waals surface area contributed by atoms with E-state index in [4.69, 9.17) is 4.74 Å². The van der Waals surface area contributed by atoms with Crippen molar-refractivity contribution >= 4 is 34.2 Å². The molecular weight excluding hydrogens is 363 g/mol. The van der Waals surface area contributed by atoms with Crippen molar-refractivity contribution < 1.29 is 19.4 Å². The Hall–Kier alpha value is -1.48. The Morgan fingerprint density at radius 1 is 1.32 bits per heavy atom. The van der Waals surface area contributed by atoms with E-state index in [-0.39, 0.29) is 18.1 Å². The lowest BCUT2D eigenvalue weighted by atomic mass is 10.3. The van der Waals surface area contributed by atoms with E-state index in [0.717, 1.165) is 3.57 Å². The second-order valence-electron chi connectivity index (χ2n) is 3.40. The van der Waals surface area contributed by atoms with Crippen molar-refractivity contribution in [3.63, 3.8) is 0 Å². The summed E-state index contributed by atoms with van der Waals surface area (Å²) in [7, 11) is 2.59. The number of halogens is 1. The molecule has 0 spiro atoms. The molecule has 0 saturated carbocycles. The van der Waals surface area contributed by atoms with Gasteiger partial charge in [-0.05, 0) is 46.9 Å². The first-order chi connectivity index (χ1) is 9.08. The van der Waals surface area contributed by atoms with E-state index >= 15 is 0 Å². The number of ether oxygens (including phenoxy) is 2. The fraction of sp³-hybridized carbons (Fsp3) is 0.250. The topological polar surface area (TPSA) is 80.5 Å². The summed E-state index contributed by atoms with van der Waals surface area (Å²) in [5.74, 6) is -1.10. The number of aliphatic hydroxyl groups is 1. The van der Waals surface area contributed by atoms with Crippen molar-refractivity contribution in [1.29, 1.82) is 0 Å². The lowest BCUT2D eigenvalue weighted by Gasteiger charge is -2.03. The molecule has 0 heterocycles. The summed E-state index contributed by atoms with van der Waals surface area (Å²) in [5.41, 5.74) is 0.287. The molecule has 6 nitrogen and oxygen atoms in total. The standard InChI is InChI=1S/C12H13IN2O4/c1-18-7-10(16)11(12(17)19-2)15-14-9-5-3-8(13)4-6-9/h3-6,16H,7H2,1-2H3/b11-10-,15-14?. The number of azo groups is 1. The molecule has 1 aromatic rings. The number of aliphatic hydroxyl groups excluding tert-OH is 1. The van der Waals surface area contributed by atoms with Gasteiger partial charge in [-0.25, -0.2) is 4.79 Å². The summed E-state index contributed by atoms with van der Waals surface area (Å²) in [5, 5.41) is 17.2. The molecule has 0 aliphatic rings. The summed E-state index contributed by atoms with van der Waals surface area (Å²) in [4.78, 5) is 11.5. The van der Waals surface area contributed by atoms with E-state index in [1.54, 1.807) is 12.1 Å². The minimum atomic E-state index is -0.774. The second kappa shape index (κ2) is 7.85. The van der Waals surface area contributed by atoms with Crippen molar-refractivity contribution in [3.05, 3.63) is 39.3 Å². The normalized spacial score (nSPS) is 12.4. The van der Waals surface area contributed by atoms with Crippen LogP contribution in [0.4, 0.5) is 5.69 Å². The third-order valence-electron chi connectivity index (χ3n) is 2.03. The maximum Gasteiger partial charge on any atom is 0.362 e. The molecule has 0 aliphatic carbocycles. The molecule has 19 heavy (non-hydrogen) atoms. The predicted molar refractivity (Wildman–Crippen MR) is 77.2 cm³/mol. The van der Waals surface area contributed by atoms with Crippen LogP contribution < -0.4 is 0 Å². The van der Waals surface area contributed by atoms with Crippen molar-refractivity contribution in [2.24, 2.45) is 10.2 Å². The van der Waals surface area contributed by atoms with Gasteiger partial charge in [-0.2, -0.15) is 5.11 Å². The Labute approximate surface area is 124 Å². The zero-order valence-corrected chi connectivity index (χ0v) is 12.6. The monoisotopic (exact) mass is 376 g/mol. The number of benzene rings is 1. The van der Waals surface area contributed by atoms with Crippen LogP contribution in [0.25, 0.3) is 0 Å². The zero-order valence-electron chi connectivity index (χ0n) is 10.5. The Morgan fingerprint density at radius 3 is 2.47 bits per heavy atom. The number of hydrogen-bond donors (Lipinski definition) is 1. The van der Waals surface area contributed by atoms with Gasteiger partial charge < -0.3 is 14.6 Å². The van der Waals surface area contributed by atoms with Gasteiger partial charge in [0.2, 0.25) is 5.70 Å². The minimum absolute atomic E-state index is 0.143. The number of carbonyl (C=O) groups excluding carboxylic acids is 1. The molecule has 0 bridgehead atoms. The average molecular weight is 376 g/mol. The summed E-state index contributed by atoms with van der Waals surface area (Å²) in [6.07, 6.45) is 0. The molecule has 1 aromatic carbocycles. The predicted octanol–water partition coefficient (Wildman–Crippen LogP) is 2.96. The quantitative estimate of drug-likeness (QED) is 0.282. The summed E-state index contributed by atoms with van der Waals surface area (Å²) >= 11 is 2.16. The van der Waals surface area contributed by atoms with Gasteiger partial charge in [-0.3, -0.25) is 0 Å². The Bertz CT molecular complexity index is 497. The molecule has 102 valence electrons. The van der Waals surface area contributed by atoms with Crippen LogP contribution in [0.3, 0.4) is 0 Å². The number of rotatable bonds is 5. The van der Waals surface area contributed by atoms with Crippen LogP contribution in [0.1, 0.15) is 0 Å². The van der Waals surface area contributed by atoms with Crippen LogP contribution in [0, 0.1) is 3.57 Å². The molecule has 0 saturated heterocycles. The highest BCUT2D eigenvalue weighted by atomic mass is 127. The van der Waals surface area contributed by atoms with Crippen LogP contribution in [0.2, 0.25) is 0 Å². The first kappa shape index (κ1) is 15.6. The fourth-order valence-electron chi connectivity index (χ4n) is 1.13. The van der Waals surface area contributed by atoms with Crippen molar-refractivity contribution in [1.82, 2.24) is 0 Å². The molecule has 0 aliphatic heterocycles. The Kier molecular flexibility index (Phi) is 6.43. The van der Waals surface area contributed by atoms with Crippen LogP contribution in [-0.4, -0.2) is 31.9 Å². The van der Waals surface area contributed by atoms with E-state index in [0.29, 0.717) is 5.69 Å². The van der Waals surface area contributed by atoms with Gasteiger partial charge in [0, 0.05) is 10.7 Å². The van der Waals surface area contributed by atoms with Gasteiger partial charge in [0.05, 0.1) is 12.8 Å². The number of nitrogens with zero attached hydrogens (tertiary/aromatic N) is 2. The molecule has 0 aromatic heterocycles. The maximum absolute atomic E-state index is 11.5. The van der Waals surface area contributed by atoms with E-state index in [9.17, 15) is 9.90 Å². The summed E-state index contributed by atoms with van der Waals surface area (Å²) in [6.45, 7) is -0.143. The average Bonchev–Trinajstić information content (AvgIpc) is 2.41. The van der Waals surface area contributed by atoms with Crippen molar-refractivity contribution in [2.45, 2.75) is 0 Å². The van der Waals surface area contributed by atoms with Crippen LogP contribution in [0.5, 0.6) is 0 Å². The van der Waals surface area contributed by atoms with Crippen molar-refractivity contribution in [3.8, 4) is 0 Å². The van der Waals surface area contributed by atoms with E-state index < -0.39 is 5.97 Å². The fourth-order valence-corrected chi connectivity index (χ4v) is 1.49. The van der Waals surface area contributed by atoms with E-state index in [1.807, 2.05) is 12.1 Å². The van der Waals surface area contributed by atoms with Gasteiger partial charge in [0.15, 0.2) is 5.76 Å². The Balaban J connectivity index is 2.98. The molecule has 0 unspecified atom stereocenters. The highest BCUT2D eigenvalue weighted by Crippen LogP contribution is 2.17. The largest absolute Gasteiger partial charge is 0.507 e. The first-order valence-electron chi connectivity index (χ1n) is 5.25. The van der Waals surface area contributed by atoms with Crippen molar-refractivity contribution in [2.75, 3.05) is 20.8 Å². The highest BCUT2D eigenvalue weighted by molar-refractivity contribution is 14.1. The smallest absolute Gasteiger partial charge is 0.362 e. The van der Waals surface area contributed by atoms with Gasteiger partial charge in [0.1, 0.15) is 6.61 Å². The first-order valence-corrected chi connectivity index (χ1v) is 6.33. The zero-order chi connectivity index (χ0) is 14.3. The summed E-state index contributed by atoms with van der Waals surface area (Å²) in [6, 6.07) is 7.19. The number of esters is 1. The molecule has 0 radical (unpaired) electrons.